The first-order chi connectivity index (χ1) is 12.7. The van der Waals surface area contributed by atoms with Gasteiger partial charge in [0.15, 0.2) is 6.61 Å². The van der Waals surface area contributed by atoms with Crippen LogP contribution in [0.3, 0.4) is 0 Å². The van der Waals surface area contributed by atoms with Crippen LogP contribution in [0.25, 0.3) is 0 Å². The zero-order valence-electron chi connectivity index (χ0n) is 14.8. The lowest BCUT2D eigenvalue weighted by Gasteiger charge is -2.24. The molecule has 26 heavy (non-hydrogen) atoms. The molecule has 1 aromatic carbocycles. The van der Waals surface area contributed by atoms with Crippen molar-refractivity contribution >= 4 is 11.9 Å². The van der Waals surface area contributed by atoms with E-state index >= 15 is 0 Å². The Balaban J connectivity index is 1.48. The number of ether oxygens (including phenoxy) is 1. The second-order valence-corrected chi connectivity index (χ2v) is 6.51. The van der Waals surface area contributed by atoms with Crippen molar-refractivity contribution in [2.24, 2.45) is 0 Å². The molecule has 2 aromatic rings. The molecule has 0 N–H and O–H groups in total. The highest BCUT2D eigenvalue weighted by atomic mass is 16.5. The summed E-state index contributed by atoms with van der Waals surface area (Å²) < 4.78 is 6.91. The van der Waals surface area contributed by atoms with Crippen LogP contribution in [0, 0.1) is 0 Å². The Morgan fingerprint density at radius 3 is 2.35 bits per heavy atom. The first kappa shape index (κ1) is 18.1. The molecule has 7 heteroatoms. The molecule has 0 atom stereocenters. The Morgan fingerprint density at radius 1 is 1.00 bits per heavy atom. The van der Waals surface area contributed by atoms with E-state index in [0.29, 0.717) is 12.1 Å². The van der Waals surface area contributed by atoms with Crippen LogP contribution in [0.2, 0.25) is 0 Å². The highest BCUT2D eigenvalue weighted by Crippen LogP contribution is 2.11. The molecule has 138 valence electrons. The number of nitrogens with zero attached hydrogens (tertiary/aromatic N) is 4. The number of carbonyl (C=O) groups excluding carboxylic acids is 2. The average molecular weight is 356 g/mol. The van der Waals surface area contributed by atoms with Crippen LogP contribution in [-0.4, -0.2) is 51.2 Å². The van der Waals surface area contributed by atoms with Gasteiger partial charge in [0, 0.05) is 13.1 Å². The number of likely N-dealkylation sites (tertiary alicyclic amines) is 1. The summed E-state index contributed by atoms with van der Waals surface area (Å²) in [5.41, 5.74) is 1.44. The van der Waals surface area contributed by atoms with Gasteiger partial charge < -0.3 is 9.64 Å². The fourth-order valence-corrected chi connectivity index (χ4v) is 3.05. The first-order valence-electron chi connectivity index (χ1n) is 9.08. The van der Waals surface area contributed by atoms with Crippen molar-refractivity contribution in [1.29, 1.82) is 0 Å². The van der Waals surface area contributed by atoms with Crippen molar-refractivity contribution in [2.45, 2.75) is 38.6 Å². The molecule has 1 amide bonds. The van der Waals surface area contributed by atoms with Crippen molar-refractivity contribution in [3.63, 3.8) is 0 Å². The van der Waals surface area contributed by atoms with E-state index < -0.39 is 5.97 Å². The van der Waals surface area contributed by atoms with E-state index in [1.165, 1.54) is 12.7 Å². The number of amides is 1. The van der Waals surface area contributed by atoms with E-state index in [-0.39, 0.29) is 12.5 Å². The van der Waals surface area contributed by atoms with Crippen molar-refractivity contribution < 1.29 is 14.3 Å². The van der Waals surface area contributed by atoms with Gasteiger partial charge in [0.25, 0.3) is 5.91 Å². The van der Waals surface area contributed by atoms with E-state index in [4.69, 9.17) is 4.74 Å². The number of hydrogen-bond donors (Lipinski definition) is 0. The molecule has 0 bridgehead atoms. The van der Waals surface area contributed by atoms with Gasteiger partial charge in [0.2, 0.25) is 0 Å². The summed E-state index contributed by atoms with van der Waals surface area (Å²) in [6.07, 6.45) is 8.71. The second-order valence-electron chi connectivity index (χ2n) is 6.51. The summed E-state index contributed by atoms with van der Waals surface area (Å²) in [4.78, 5) is 30.1. The van der Waals surface area contributed by atoms with E-state index in [2.05, 4.69) is 10.1 Å². The molecule has 1 fully saturated rings. The SMILES string of the molecule is O=C(OCC(=O)N1CCCCCCC1)c1ccc(Cn2cncn2)cc1. The minimum atomic E-state index is -0.474. The van der Waals surface area contributed by atoms with Gasteiger partial charge in [-0.3, -0.25) is 4.79 Å². The molecule has 1 aromatic heterocycles. The number of benzene rings is 1. The van der Waals surface area contributed by atoms with Crippen LogP contribution in [-0.2, 0) is 16.1 Å². The lowest BCUT2D eigenvalue weighted by Crippen LogP contribution is -2.36. The van der Waals surface area contributed by atoms with Crippen molar-refractivity contribution in [3.8, 4) is 0 Å². The maximum absolute atomic E-state index is 12.3. The van der Waals surface area contributed by atoms with Crippen LogP contribution >= 0.6 is 0 Å². The third-order valence-corrected chi connectivity index (χ3v) is 4.54. The molecule has 0 spiro atoms. The van der Waals surface area contributed by atoms with Crippen LogP contribution in [0.1, 0.15) is 48.0 Å². The molecule has 1 aliphatic heterocycles. The third kappa shape index (κ3) is 5.15. The molecule has 1 aliphatic rings. The molecule has 2 heterocycles. The lowest BCUT2D eigenvalue weighted by atomic mass is 10.1. The highest BCUT2D eigenvalue weighted by Gasteiger charge is 2.17. The van der Waals surface area contributed by atoms with Crippen LogP contribution in [0.15, 0.2) is 36.9 Å². The lowest BCUT2D eigenvalue weighted by molar-refractivity contribution is -0.134. The predicted molar refractivity (Wildman–Crippen MR) is 95.5 cm³/mol. The fourth-order valence-electron chi connectivity index (χ4n) is 3.05. The molecule has 0 aliphatic carbocycles. The van der Waals surface area contributed by atoms with E-state index in [1.54, 1.807) is 23.1 Å². The molecular weight excluding hydrogens is 332 g/mol. The quantitative estimate of drug-likeness (QED) is 0.768. The summed E-state index contributed by atoms with van der Waals surface area (Å²) in [6, 6.07) is 7.10. The normalized spacial score (nSPS) is 15.2. The Hall–Kier alpha value is -2.70. The van der Waals surface area contributed by atoms with Gasteiger partial charge in [-0.05, 0) is 30.5 Å². The van der Waals surface area contributed by atoms with Gasteiger partial charge in [0.05, 0.1) is 12.1 Å². The molecule has 7 nitrogen and oxygen atoms in total. The van der Waals surface area contributed by atoms with E-state index in [1.807, 2.05) is 17.0 Å². The van der Waals surface area contributed by atoms with Gasteiger partial charge in [0.1, 0.15) is 12.7 Å². The summed E-state index contributed by atoms with van der Waals surface area (Å²) in [5, 5.41) is 4.05. The van der Waals surface area contributed by atoms with E-state index in [9.17, 15) is 9.59 Å². The first-order valence-corrected chi connectivity index (χ1v) is 9.08. The number of hydrogen-bond acceptors (Lipinski definition) is 5. The standard InChI is InChI=1S/C19H24N4O3/c24-18(22-10-4-2-1-3-5-11-22)13-26-19(25)17-8-6-16(7-9-17)12-23-15-20-14-21-23/h6-9,14-15H,1-5,10-13H2. The number of rotatable bonds is 5. The zero-order valence-corrected chi connectivity index (χ0v) is 14.8. The summed E-state index contributed by atoms with van der Waals surface area (Å²) >= 11 is 0. The topological polar surface area (TPSA) is 77.3 Å². The molecule has 0 radical (unpaired) electrons. The van der Waals surface area contributed by atoms with Crippen LogP contribution in [0.5, 0.6) is 0 Å². The van der Waals surface area contributed by atoms with Gasteiger partial charge in [-0.1, -0.05) is 31.4 Å². The number of esters is 1. The third-order valence-electron chi connectivity index (χ3n) is 4.54. The smallest absolute Gasteiger partial charge is 0.338 e. The number of carbonyl (C=O) groups is 2. The van der Waals surface area contributed by atoms with Crippen molar-refractivity contribution in [1.82, 2.24) is 19.7 Å². The summed E-state index contributed by atoms with van der Waals surface area (Å²) in [6.45, 7) is 1.91. The average Bonchev–Trinajstić information content (AvgIpc) is 3.13. The largest absolute Gasteiger partial charge is 0.452 e. The summed E-state index contributed by atoms with van der Waals surface area (Å²) in [5.74, 6) is -0.583. The van der Waals surface area contributed by atoms with Crippen LogP contribution < -0.4 is 0 Å². The monoisotopic (exact) mass is 356 g/mol. The number of aromatic nitrogens is 3. The molecule has 3 rings (SSSR count). The Labute approximate surface area is 153 Å². The highest BCUT2D eigenvalue weighted by molar-refractivity contribution is 5.91. The molecule has 0 saturated carbocycles. The minimum Gasteiger partial charge on any atom is -0.452 e. The minimum absolute atomic E-state index is 0.108. The van der Waals surface area contributed by atoms with Gasteiger partial charge >= 0.3 is 5.97 Å². The van der Waals surface area contributed by atoms with Crippen molar-refractivity contribution in [2.75, 3.05) is 19.7 Å². The molecule has 1 saturated heterocycles. The maximum Gasteiger partial charge on any atom is 0.338 e. The van der Waals surface area contributed by atoms with E-state index in [0.717, 1.165) is 44.3 Å². The fraction of sp³-hybridized carbons (Fsp3) is 0.474. The molecule has 0 unspecified atom stereocenters. The van der Waals surface area contributed by atoms with Crippen LogP contribution in [0.4, 0.5) is 0 Å². The van der Waals surface area contributed by atoms with Gasteiger partial charge in [-0.2, -0.15) is 5.10 Å². The predicted octanol–water partition coefficient (Wildman–Crippen LogP) is 2.28. The summed E-state index contributed by atoms with van der Waals surface area (Å²) in [7, 11) is 0. The van der Waals surface area contributed by atoms with Crippen molar-refractivity contribution in [3.05, 3.63) is 48.0 Å². The van der Waals surface area contributed by atoms with Gasteiger partial charge in [-0.25, -0.2) is 14.5 Å². The Kier molecular flexibility index (Phi) is 6.35. The Bertz CT molecular complexity index is 705. The zero-order chi connectivity index (χ0) is 18.2. The Morgan fingerprint density at radius 2 is 1.69 bits per heavy atom. The second kappa shape index (κ2) is 9.12. The van der Waals surface area contributed by atoms with Gasteiger partial charge in [-0.15, -0.1) is 0 Å². The maximum atomic E-state index is 12.3. The molecular formula is C19H24N4O3.